The van der Waals surface area contributed by atoms with E-state index in [-0.39, 0.29) is 28.1 Å². The van der Waals surface area contributed by atoms with E-state index in [0.717, 1.165) is 19.9 Å². The number of hydrogen-bond donors (Lipinski definition) is 3. The second kappa shape index (κ2) is 9.48. The van der Waals surface area contributed by atoms with Crippen LogP contribution in [0, 0.1) is 6.92 Å². The van der Waals surface area contributed by atoms with Crippen LogP contribution in [0.4, 0.5) is 17.1 Å². The number of aromatic hydroxyl groups is 1. The fourth-order valence-corrected chi connectivity index (χ4v) is 4.79. The average molecular weight is 495 g/mol. The molecule has 2 aromatic carbocycles. The molecule has 0 aliphatic heterocycles. The van der Waals surface area contributed by atoms with Crippen LogP contribution in [-0.4, -0.2) is 37.1 Å². The van der Waals surface area contributed by atoms with Gasteiger partial charge < -0.3 is 15.7 Å². The molecular formula is C21H23ClN4O6S. The van der Waals surface area contributed by atoms with Gasteiger partial charge in [-0.15, -0.1) is 0 Å². The molecule has 12 heteroatoms. The summed E-state index contributed by atoms with van der Waals surface area (Å²) in [6.07, 6.45) is 0.576. The number of halogens is 1. The van der Waals surface area contributed by atoms with E-state index in [2.05, 4.69) is 15.6 Å². The van der Waals surface area contributed by atoms with Crippen molar-refractivity contribution in [3.8, 4) is 5.75 Å². The SMILES string of the molecule is CCC(Nc1c(Nc2ccc(Cl)c(S(=O)(=O)N(C)OC)c2O)c(=O)c1=O)c1cccc(C)n1. The highest BCUT2D eigenvalue weighted by atomic mass is 35.5. The molecule has 1 heterocycles. The number of benzene rings is 1. The first-order valence-electron chi connectivity index (χ1n) is 9.87. The van der Waals surface area contributed by atoms with Gasteiger partial charge in [0.2, 0.25) is 0 Å². The quantitative estimate of drug-likeness (QED) is 0.233. The van der Waals surface area contributed by atoms with E-state index in [1.165, 1.54) is 12.1 Å². The Morgan fingerprint density at radius 2 is 1.85 bits per heavy atom. The number of phenols is 1. The van der Waals surface area contributed by atoms with E-state index in [9.17, 15) is 23.1 Å². The van der Waals surface area contributed by atoms with E-state index >= 15 is 0 Å². The Bertz CT molecular complexity index is 1370. The molecule has 0 radical (unpaired) electrons. The summed E-state index contributed by atoms with van der Waals surface area (Å²) in [5, 5.41) is 16.1. The highest BCUT2D eigenvalue weighted by molar-refractivity contribution is 7.89. The number of anilines is 3. The minimum Gasteiger partial charge on any atom is -0.504 e. The Kier molecular flexibility index (Phi) is 7.08. The van der Waals surface area contributed by atoms with Crippen LogP contribution in [-0.2, 0) is 14.9 Å². The van der Waals surface area contributed by atoms with Gasteiger partial charge in [0.15, 0.2) is 5.75 Å². The molecule has 0 aliphatic rings. The molecule has 1 atom stereocenters. The lowest BCUT2D eigenvalue weighted by atomic mass is 10.1. The minimum atomic E-state index is -4.30. The molecule has 176 valence electrons. The zero-order valence-corrected chi connectivity index (χ0v) is 19.9. The number of rotatable bonds is 9. The molecule has 10 nitrogen and oxygen atoms in total. The molecule has 0 fully saturated rings. The fourth-order valence-electron chi connectivity index (χ4n) is 3.22. The van der Waals surface area contributed by atoms with Crippen LogP contribution in [0.3, 0.4) is 0 Å². The summed E-state index contributed by atoms with van der Waals surface area (Å²) in [5.74, 6) is -0.724. The Labute approximate surface area is 195 Å². The third kappa shape index (κ3) is 4.58. The summed E-state index contributed by atoms with van der Waals surface area (Å²) in [5.41, 5.74) is -0.255. The molecule has 3 rings (SSSR count). The first-order valence-corrected chi connectivity index (χ1v) is 11.7. The minimum absolute atomic E-state index is 0.0166. The molecule has 0 saturated carbocycles. The van der Waals surface area contributed by atoms with Crippen molar-refractivity contribution >= 4 is 38.7 Å². The van der Waals surface area contributed by atoms with E-state index in [0.29, 0.717) is 16.6 Å². The highest BCUT2D eigenvalue weighted by Crippen LogP contribution is 2.40. The molecule has 33 heavy (non-hydrogen) atoms. The van der Waals surface area contributed by atoms with E-state index < -0.39 is 31.5 Å². The van der Waals surface area contributed by atoms with Crippen molar-refractivity contribution in [2.45, 2.75) is 31.2 Å². The van der Waals surface area contributed by atoms with Crippen LogP contribution in [0.15, 0.2) is 44.8 Å². The van der Waals surface area contributed by atoms with Gasteiger partial charge in [-0.3, -0.25) is 19.4 Å². The van der Waals surface area contributed by atoms with Crippen LogP contribution in [0.25, 0.3) is 0 Å². The number of aromatic nitrogens is 1. The number of nitrogens with one attached hydrogen (secondary N) is 2. The normalized spacial score (nSPS) is 12.8. The van der Waals surface area contributed by atoms with Gasteiger partial charge in [-0.05, 0) is 37.6 Å². The summed E-state index contributed by atoms with van der Waals surface area (Å²) in [4.78, 5) is 33.1. The third-order valence-corrected chi connectivity index (χ3v) is 7.28. The van der Waals surface area contributed by atoms with Gasteiger partial charge in [0, 0.05) is 12.7 Å². The summed E-state index contributed by atoms with van der Waals surface area (Å²) in [6.45, 7) is 3.74. The molecular weight excluding hydrogens is 472 g/mol. The molecule has 1 unspecified atom stereocenters. The van der Waals surface area contributed by atoms with E-state index in [1.54, 1.807) is 6.07 Å². The summed E-state index contributed by atoms with van der Waals surface area (Å²) >= 11 is 6.02. The van der Waals surface area contributed by atoms with Crippen LogP contribution in [0.1, 0.15) is 30.8 Å². The van der Waals surface area contributed by atoms with Crippen LogP contribution in [0.5, 0.6) is 5.75 Å². The summed E-state index contributed by atoms with van der Waals surface area (Å²) in [7, 11) is -2.03. The Morgan fingerprint density at radius 1 is 1.18 bits per heavy atom. The van der Waals surface area contributed by atoms with Crippen molar-refractivity contribution in [2.24, 2.45) is 0 Å². The Hall–Kier alpha value is -2.99. The van der Waals surface area contributed by atoms with Gasteiger partial charge in [0.25, 0.3) is 20.9 Å². The Morgan fingerprint density at radius 3 is 2.45 bits per heavy atom. The van der Waals surface area contributed by atoms with Crippen molar-refractivity contribution in [3.05, 3.63) is 67.2 Å². The summed E-state index contributed by atoms with van der Waals surface area (Å²) < 4.78 is 25.8. The number of phenolic OH excluding ortho intramolecular Hbond substituents is 1. The number of sulfonamides is 1. The second-order valence-corrected chi connectivity index (χ2v) is 9.49. The first-order chi connectivity index (χ1) is 15.5. The molecule has 0 bridgehead atoms. The molecule has 0 aliphatic carbocycles. The smallest absolute Gasteiger partial charge is 0.269 e. The average Bonchev–Trinajstić information content (AvgIpc) is 2.78. The van der Waals surface area contributed by atoms with Crippen molar-refractivity contribution < 1.29 is 18.4 Å². The van der Waals surface area contributed by atoms with Crippen LogP contribution < -0.4 is 21.5 Å². The van der Waals surface area contributed by atoms with Crippen molar-refractivity contribution in [3.63, 3.8) is 0 Å². The third-order valence-electron chi connectivity index (χ3n) is 5.10. The van der Waals surface area contributed by atoms with Crippen LogP contribution in [0.2, 0.25) is 5.02 Å². The maximum atomic E-state index is 12.7. The molecule has 0 amide bonds. The fraction of sp³-hybridized carbons (Fsp3) is 0.286. The lowest BCUT2D eigenvalue weighted by molar-refractivity contribution is -0.0259. The predicted octanol–water partition coefficient (Wildman–Crippen LogP) is 2.83. The van der Waals surface area contributed by atoms with Gasteiger partial charge in [0.05, 0.1) is 29.6 Å². The van der Waals surface area contributed by atoms with Crippen molar-refractivity contribution in [1.29, 1.82) is 0 Å². The van der Waals surface area contributed by atoms with Gasteiger partial charge in [-0.1, -0.05) is 29.1 Å². The monoisotopic (exact) mass is 494 g/mol. The number of pyridine rings is 1. The molecule has 3 aromatic rings. The zero-order chi connectivity index (χ0) is 24.5. The highest BCUT2D eigenvalue weighted by Gasteiger charge is 2.31. The predicted molar refractivity (Wildman–Crippen MR) is 125 cm³/mol. The topological polar surface area (TPSA) is 138 Å². The first kappa shape index (κ1) is 24.6. The standard InChI is InChI=1S/C21H23ClN4O6S/c1-5-13(14-8-6-7-11(2)23-14)24-16-17(20(29)19(16)28)25-15-10-9-12(22)21(18(15)27)33(30,31)26(3)32-4/h6-10,13,24-25,27H,5H2,1-4H3. The number of aryl methyl sites for hydroxylation is 1. The molecule has 3 N–H and O–H groups in total. The summed E-state index contributed by atoms with van der Waals surface area (Å²) in [6, 6.07) is 7.68. The van der Waals surface area contributed by atoms with Crippen molar-refractivity contribution in [1.82, 2.24) is 9.45 Å². The maximum absolute atomic E-state index is 12.7. The van der Waals surface area contributed by atoms with Gasteiger partial charge in [-0.2, -0.15) is 0 Å². The largest absolute Gasteiger partial charge is 0.504 e. The molecule has 0 saturated heterocycles. The van der Waals surface area contributed by atoms with Gasteiger partial charge in [-0.25, -0.2) is 8.42 Å². The second-order valence-electron chi connectivity index (χ2n) is 7.21. The molecule has 0 spiro atoms. The van der Waals surface area contributed by atoms with Gasteiger partial charge >= 0.3 is 0 Å². The van der Waals surface area contributed by atoms with E-state index in [1.807, 2.05) is 26.0 Å². The lowest BCUT2D eigenvalue weighted by Gasteiger charge is -2.22. The number of hydrogen-bond acceptors (Lipinski definition) is 9. The Balaban J connectivity index is 1.98. The van der Waals surface area contributed by atoms with E-state index in [4.69, 9.17) is 16.4 Å². The van der Waals surface area contributed by atoms with Gasteiger partial charge in [0.1, 0.15) is 16.3 Å². The van der Waals surface area contributed by atoms with Crippen molar-refractivity contribution in [2.75, 3.05) is 24.8 Å². The lowest BCUT2D eigenvalue weighted by Crippen LogP contribution is -2.37. The van der Waals surface area contributed by atoms with Crippen LogP contribution >= 0.6 is 11.6 Å². The molecule has 1 aromatic heterocycles. The maximum Gasteiger partial charge on any atom is 0.269 e. The number of nitrogens with zero attached hydrogens (tertiary/aromatic N) is 2. The number of hydroxylamine groups is 1. The zero-order valence-electron chi connectivity index (χ0n) is 18.3.